The molecule has 0 radical (unpaired) electrons. The molecule has 1 aromatic rings. The number of hydrogen-bond donors (Lipinski definition) is 2. The Hall–Kier alpha value is -1.84. The van der Waals surface area contributed by atoms with E-state index in [1.165, 1.54) is 11.1 Å². The van der Waals surface area contributed by atoms with E-state index in [4.69, 9.17) is 0 Å². The smallest absolute Gasteiger partial charge is 0.243 e. The molecular formula is C21H32N2O2. The largest absolute Gasteiger partial charge is 0.347 e. The predicted octanol–water partition coefficient (Wildman–Crippen LogP) is 3.76. The first kappa shape index (κ1) is 19.5. The monoisotopic (exact) mass is 344 g/mol. The molecule has 0 heterocycles. The quantitative estimate of drug-likeness (QED) is 0.791. The van der Waals surface area contributed by atoms with Gasteiger partial charge < -0.3 is 10.6 Å². The zero-order valence-electron chi connectivity index (χ0n) is 16.0. The lowest BCUT2D eigenvalue weighted by Crippen LogP contribution is -2.51. The number of amides is 2. The highest BCUT2D eigenvalue weighted by Crippen LogP contribution is 2.29. The number of aryl methyl sites for hydroxylation is 1. The van der Waals surface area contributed by atoms with Crippen molar-refractivity contribution >= 4 is 11.8 Å². The van der Waals surface area contributed by atoms with Gasteiger partial charge in [-0.2, -0.15) is 0 Å². The molecule has 0 spiro atoms. The van der Waals surface area contributed by atoms with Crippen molar-refractivity contribution in [2.45, 2.75) is 71.9 Å². The molecule has 0 aromatic heterocycles. The third-order valence-electron chi connectivity index (χ3n) is 5.09. The SMILES string of the molecule is CCC(C)C(NC(=O)CC(C)C)C(=O)NC1CCCc2ccccc21. The van der Waals surface area contributed by atoms with E-state index in [-0.39, 0.29) is 29.7 Å². The Bertz CT molecular complexity index is 597. The Labute approximate surface area is 151 Å². The molecule has 1 aliphatic carbocycles. The number of carbonyl (C=O) groups excluding carboxylic acids is 2. The summed E-state index contributed by atoms with van der Waals surface area (Å²) in [6, 6.07) is 7.91. The van der Waals surface area contributed by atoms with Gasteiger partial charge >= 0.3 is 0 Å². The molecule has 4 heteroatoms. The average Bonchev–Trinajstić information content (AvgIpc) is 2.58. The fraction of sp³-hybridized carbons (Fsp3) is 0.619. The van der Waals surface area contributed by atoms with E-state index in [2.05, 4.69) is 35.8 Å². The molecule has 0 saturated heterocycles. The van der Waals surface area contributed by atoms with Crippen LogP contribution in [0.4, 0.5) is 0 Å². The fourth-order valence-electron chi connectivity index (χ4n) is 3.47. The lowest BCUT2D eigenvalue weighted by Gasteiger charge is -2.30. The second kappa shape index (κ2) is 9.02. The highest BCUT2D eigenvalue weighted by Gasteiger charge is 2.29. The predicted molar refractivity (Wildman–Crippen MR) is 101 cm³/mol. The molecule has 1 aromatic carbocycles. The summed E-state index contributed by atoms with van der Waals surface area (Å²) in [7, 11) is 0. The Morgan fingerprint density at radius 3 is 2.60 bits per heavy atom. The topological polar surface area (TPSA) is 58.2 Å². The van der Waals surface area contributed by atoms with Gasteiger partial charge in [-0.15, -0.1) is 0 Å². The lowest BCUT2D eigenvalue weighted by molar-refractivity contribution is -0.131. The van der Waals surface area contributed by atoms with Gasteiger partial charge in [0.1, 0.15) is 6.04 Å². The van der Waals surface area contributed by atoms with E-state index in [1.807, 2.05) is 26.8 Å². The summed E-state index contributed by atoms with van der Waals surface area (Å²) < 4.78 is 0. The minimum atomic E-state index is -0.467. The maximum Gasteiger partial charge on any atom is 0.243 e. The van der Waals surface area contributed by atoms with Crippen molar-refractivity contribution < 1.29 is 9.59 Å². The van der Waals surface area contributed by atoms with Gasteiger partial charge in [0.2, 0.25) is 11.8 Å². The van der Waals surface area contributed by atoms with E-state index in [9.17, 15) is 9.59 Å². The van der Waals surface area contributed by atoms with Gasteiger partial charge in [0.25, 0.3) is 0 Å². The average molecular weight is 344 g/mol. The molecule has 2 N–H and O–H groups in total. The summed E-state index contributed by atoms with van der Waals surface area (Å²) in [5.74, 6) is 0.286. The summed E-state index contributed by atoms with van der Waals surface area (Å²) in [5, 5.41) is 6.16. The molecule has 2 rings (SSSR count). The van der Waals surface area contributed by atoms with Gasteiger partial charge in [0.05, 0.1) is 6.04 Å². The van der Waals surface area contributed by atoms with Crippen molar-refractivity contribution in [2.24, 2.45) is 11.8 Å². The molecule has 0 aliphatic heterocycles. The van der Waals surface area contributed by atoms with Crippen LogP contribution in [0, 0.1) is 11.8 Å². The van der Waals surface area contributed by atoms with Crippen molar-refractivity contribution in [3.8, 4) is 0 Å². The van der Waals surface area contributed by atoms with Crippen molar-refractivity contribution in [2.75, 3.05) is 0 Å². The molecule has 4 nitrogen and oxygen atoms in total. The van der Waals surface area contributed by atoms with E-state index in [0.717, 1.165) is 25.7 Å². The standard InChI is InChI=1S/C21H32N2O2/c1-5-15(4)20(23-19(24)13-14(2)3)21(25)22-18-12-8-10-16-9-6-7-11-17(16)18/h6-7,9,11,14-15,18,20H,5,8,10,12-13H2,1-4H3,(H,22,25)(H,23,24). The first-order chi connectivity index (χ1) is 11.9. The Kier molecular flexibility index (Phi) is 7.03. The number of nitrogens with one attached hydrogen (secondary N) is 2. The number of benzene rings is 1. The summed E-state index contributed by atoms with van der Waals surface area (Å²) in [6.07, 6.45) is 4.40. The van der Waals surface area contributed by atoms with Crippen molar-refractivity contribution in [1.29, 1.82) is 0 Å². The van der Waals surface area contributed by atoms with E-state index >= 15 is 0 Å². The maximum atomic E-state index is 12.9. The number of fused-ring (bicyclic) bond motifs is 1. The highest BCUT2D eigenvalue weighted by atomic mass is 16.2. The van der Waals surface area contributed by atoms with Crippen LogP contribution in [0.3, 0.4) is 0 Å². The van der Waals surface area contributed by atoms with Crippen LogP contribution in [0.25, 0.3) is 0 Å². The normalized spacial score (nSPS) is 19.0. The van der Waals surface area contributed by atoms with Gasteiger partial charge in [0, 0.05) is 6.42 Å². The second-order valence-electron chi connectivity index (χ2n) is 7.68. The Morgan fingerprint density at radius 1 is 1.20 bits per heavy atom. The molecule has 0 saturated carbocycles. The number of rotatable bonds is 7. The van der Waals surface area contributed by atoms with Gasteiger partial charge in [-0.3, -0.25) is 9.59 Å². The minimum absolute atomic E-state index is 0.0421. The highest BCUT2D eigenvalue weighted by molar-refractivity contribution is 5.88. The summed E-state index contributed by atoms with van der Waals surface area (Å²) in [4.78, 5) is 25.1. The number of carbonyl (C=O) groups is 2. The Morgan fingerprint density at radius 2 is 1.92 bits per heavy atom. The van der Waals surface area contributed by atoms with Crippen LogP contribution in [0.15, 0.2) is 24.3 Å². The van der Waals surface area contributed by atoms with E-state index < -0.39 is 6.04 Å². The first-order valence-electron chi connectivity index (χ1n) is 9.59. The molecule has 3 atom stereocenters. The van der Waals surface area contributed by atoms with E-state index in [1.54, 1.807) is 0 Å². The molecule has 0 fully saturated rings. The molecule has 0 bridgehead atoms. The summed E-state index contributed by atoms with van der Waals surface area (Å²) in [6.45, 7) is 8.10. The zero-order valence-corrected chi connectivity index (χ0v) is 16.0. The van der Waals surface area contributed by atoms with Gasteiger partial charge in [-0.05, 0) is 42.2 Å². The molecule has 138 valence electrons. The van der Waals surface area contributed by atoms with Gasteiger partial charge in [0.15, 0.2) is 0 Å². The van der Waals surface area contributed by atoms with Crippen LogP contribution in [-0.2, 0) is 16.0 Å². The molecule has 3 unspecified atom stereocenters. The number of hydrogen-bond acceptors (Lipinski definition) is 2. The van der Waals surface area contributed by atoms with Crippen molar-refractivity contribution in [1.82, 2.24) is 10.6 Å². The van der Waals surface area contributed by atoms with Crippen LogP contribution in [0.5, 0.6) is 0 Å². The fourth-order valence-corrected chi connectivity index (χ4v) is 3.47. The Balaban J connectivity index is 2.08. The summed E-state index contributed by atoms with van der Waals surface area (Å²) in [5.41, 5.74) is 2.54. The van der Waals surface area contributed by atoms with Gasteiger partial charge in [-0.25, -0.2) is 0 Å². The van der Waals surface area contributed by atoms with Crippen molar-refractivity contribution in [3.05, 3.63) is 35.4 Å². The van der Waals surface area contributed by atoms with Crippen LogP contribution >= 0.6 is 0 Å². The maximum absolute atomic E-state index is 12.9. The molecular weight excluding hydrogens is 312 g/mol. The third-order valence-corrected chi connectivity index (χ3v) is 5.09. The van der Waals surface area contributed by atoms with E-state index in [0.29, 0.717) is 6.42 Å². The summed E-state index contributed by atoms with van der Waals surface area (Å²) >= 11 is 0. The van der Waals surface area contributed by atoms with Crippen LogP contribution in [0.1, 0.15) is 70.5 Å². The van der Waals surface area contributed by atoms with Crippen LogP contribution < -0.4 is 10.6 Å². The van der Waals surface area contributed by atoms with Crippen molar-refractivity contribution in [3.63, 3.8) is 0 Å². The molecule has 2 amide bonds. The molecule has 25 heavy (non-hydrogen) atoms. The van der Waals surface area contributed by atoms with Crippen LogP contribution in [0.2, 0.25) is 0 Å². The lowest BCUT2D eigenvalue weighted by atomic mass is 9.87. The minimum Gasteiger partial charge on any atom is -0.347 e. The zero-order chi connectivity index (χ0) is 18.4. The van der Waals surface area contributed by atoms with Gasteiger partial charge in [-0.1, -0.05) is 58.4 Å². The second-order valence-corrected chi connectivity index (χ2v) is 7.68. The molecule has 1 aliphatic rings. The third kappa shape index (κ3) is 5.32. The first-order valence-corrected chi connectivity index (χ1v) is 9.59. The van der Waals surface area contributed by atoms with Crippen LogP contribution in [-0.4, -0.2) is 17.9 Å².